The van der Waals surface area contributed by atoms with E-state index in [4.69, 9.17) is 4.74 Å². The molecule has 0 unspecified atom stereocenters. The molecule has 1 aliphatic carbocycles. The highest BCUT2D eigenvalue weighted by atomic mass is 16.5. The van der Waals surface area contributed by atoms with Crippen LogP contribution in [-0.4, -0.2) is 34.9 Å². The van der Waals surface area contributed by atoms with Gasteiger partial charge in [0.2, 0.25) is 5.91 Å². The van der Waals surface area contributed by atoms with Crippen LogP contribution in [0.25, 0.3) is 0 Å². The number of ether oxygens (including phenoxy) is 1. The van der Waals surface area contributed by atoms with Gasteiger partial charge in [-0.25, -0.2) is 4.98 Å². The molecule has 1 fully saturated rings. The fraction of sp³-hybridized carbons (Fsp3) is 0.500. The van der Waals surface area contributed by atoms with Gasteiger partial charge >= 0.3 is 0 Å². The molecule has 5 heteroatoms. The van der Waals surface area contributed by atoms with Crippen LogP contribution in [0.2, 0.25) is 0 Å². The third kappa shape index (κ3) is 4.03. The Balaban J connectivity index is 1.80. The normalized spacial score (nSPS) is 16.4. The number of H-pyrrole nitrogens is 1. The van der Waals surface area contributed by atoms with Crippen molar-refractivity contribution in [2.45, 2.75) is 45.1 Å². The average Bonchev–Trinajstić information content (AvgIpc) is 3.15. The number of amides is 1. The molecule has 0 spiro atoms. The van der Waals surface area contributed by atoms with Gasteiger partial charge < -0.3 is 14.6 Å². The Morgan fingerprint density at radius 1 is 1.32 bits per heavy atom. The standard InChI is InChI=1S/C20H27N3O2/c1-23(15-18-21-11-12-22-18)19(24)20(9-4-3-5-10-20)14-16-7-6-8-17(13-16)25-2/h6-8,11-13H,3-5,9-10,14-15H2,1-2H3,(H,21,22). The summed E-state index contributed by atoms with van der Waals surface area (Å²) in [6.07, 6.45) is 9.63. The number of carbonyl (C=O) groups excluding carboxylic acids is 1. The van der Waals surface area contributed by atoms with E-state index in [2.05, 4.69) is 22.1 Å². The van der Waals surface area contributed by atoms with Crippen LogP contribution in [0, 0.1) is 5.41 Å². The smallest absolute Gasteiger partial charge is 0.229 e. The number of hydrogen-bond acceptors (Lipinski definition) is 3. The van der Waals surface area contributed by atoms with E-state index >= 15 is 0 Å². The Hall–Kier alpha value is -2.30. The van der Waals surface area contributed by atoms with Crippen LogP contribution in [0.4, 0.5) is 0 Å². The largest absolute Gasteiger partial charge is 0.497 e. The zero-order chi connectivity index (χ0) is 17.7. The van der Waals surface area contributed by atoms with E-state index in [1.807, 2.05) is 24.1 Å². The predicted molar refractivity (Wildman–Crippen MR) is 97.3 cm³/mol. The summed E-state index contributed by atoms with van der Waals surface area (Å²) in [6, 6.07) is 8.10. The van der Waals surface area contributed by atoms with Gasteiger partial charge in [-0.05, 0) is 37.0 Å². The van der Waals surface area contributed by atoms with E-state index in [1.54, 1.807) is 19.5 Å². The van der Waals surface area contributed by atoms with Crippen LogP contribution >= 0.6 is 0 Å². The molecule has 1 saturated carbocycles. The van der Waals surface area contributed by atoms with Gasteiger partial charge in [0.25, 0.3) is 0 Å². The summed E-state index contributed by atoms with van der Waals surface area (Å²) in [6.45, 7) is 0.520. The summed E-state index contributed by atoms with van der Waals surface area (Å²) in [4.78, 5) is 22.5. The first-order valence-electron chi connectivity index (χ1n) is 9.00. The molecule has 1 aromatic heterocycles. The lowest BCUT2D eigenvalue weighted by Gasteiger charge is -2.39. The summed E-state index contributed by atoms with van der Waals surface area (Å²) in [5.41, 5.74) is 0.854. The number of carbonyl (C=O) groups is 1. The summed E-state index contributed by atoms with van der Waals surface area (Å²) in [7, 11) is 3.56. The minimum Gasteiger partial charge on any atom is -0.497 e. The van der Waals surface area contributed by atoms with E-state index in [9.17, 15) is 4.79 Å². The fourth-order valence-corrected chi connectivity index (χ4v) is 3.95. The van der Waals surface area contributed by atoms with Crippen molar-refractivity contribution >= 4 is 5.91 Å². The predicted octanol–water partition coefficient (Wildman–Crippen LogP) is 3.57. The third-order valence-electron chi connectivity index (χ3n) is 5.23. The van der Waals surface area contributed by atoms with Crippen LogP contribution < -0.4 is 4.74 Å². The highest BCUT2D eigenvalue weighted by Crippen LogP contribution is 2.41. The molecular weight excluding hydrogens is 314 g/mol. The molecule has 134 valence electrons. The first-order chi connectivity index (χ1) is 12.1. The quantitative estimate of drug-likeness (QED) is 0.874. The zero-order valence-electron chi connectivity index (χ0n) is 15.1. The molecule has 25 heavy (non-hydrogen) atoms. The molecule has 3 rings (SSSR count). The number of hydrogen-bond donors (Lipinski definition) is 1. The Kier molecular flexibility index (Phi) is 5.41. The third-order valence-corrected chi connectivity index (χ3v) is 5.23. The van der Waals surface area contributed by atoms with Gasteiger partial charge in [-0.3, -0.25) is 4.79 Å². The Morgan fingerprint density at radius 3 is 2.80 bits per heavy atom. The Labute approximate surface area is 149 Å². The van der Waals surface area contributed by atoms with E-state index in [0.29, 0.717) is 6.54 Å². The van der Waals surface area contributed by atoms with Crippen molar-refractivity contribution in [1.82, 2.24) is 14.9 Å². The maximum atomic E-state index is 13.4. The van der Waals surface area contributed by atoms with Crippen LogP contribution in [0.3, 0.4) is 0 Å². The highest BCUT2D eigenvalue weighted by Gasteiger charge is 2.41. The van der Waals surface area contributed by atoms with Crippen molar-refractivity contribution in [3.05, 3.63) is 48.0 Å². The number of methoxy groups -OCH3 is 1. The average molecular weight is 341 g/mol. The van der Waals surface area contributed by atoms with E-state index < -0.39 is 0 Å². The van der Waals surface area contributed by atoms with Crippen molar-refractivity contribution in [3.8, 4) is 5.75 Å². The van der Waals surface area contributed by atoms with Crippen LogP contribution in [0.15, 0.2) is 36.7 Å². The lowest BCUT2D eigenvalue weighted by Crippen LogP contribution is -2.44. The summed E-state index contributed by atoms with van der Waals surface area (Å²) in [5, 5.41) is 0. The molecule has 1 aliphatic rings. The van der Waals surface area contributed by atoms with Gasteiger partial charge in [0.15, 0.2) is 0 Å². The van der Waals surface area contributed by atoms with Gasteiger partial charge in [0.1, 0.15) is 11.6 Å². The highest BCUT2D eigenvalue weighted by molar-refractivity contribution is 5.83. The first kappa shape index (κ1) is 17.5. The second-order valence-corrected chi connectivity index (χ2v) is 7.07. The minimum atomic E-state index is -0.314. The van der Waals surface area contributed by atoms with Gasteiger partial charge in [0.05, 0.1) is 19.1 Å². The van der Waals surface area contributed by atoms with Crippen molar-refractivity contribution < 1.29 is 9.53 Å². The lowest BCUT2D eigenvalue weighted by molar-refractivity contribution is -0.143. The van der Waals surface area contributed by atoms with Gasteiger partial charge in [-0.15, -0.1) is 0 Å². The van der Waals surface area contributed by atoms with Crippen molar-refractivity contribution in [2.75, 3.05) is 14.2 Å². The lowest BCUT2D eigenvalue weighted by atomic mass is 9.69. The van der Waals surface area contributed by atoms with Gasteiger partial charge in [-0.2, -0.15) is 0 Å². The molecule has 0 atom stereocenters. The maximum absolute atomic E-state index is 13.4. The van der Waals surface area contributed by atoms with Crippen molar-refractivity contribution in [3.63, 3.8) is 0 Å². The fourth-order valence-electron chi connectivity index (χ4n) is 3.95. The summed E-state index contributed by atoms with van der Waals surface area (Å²) in [5.74, 6) is 1.90. The molecule has 1 heterocycles. The molecule has 0 saturated heterocycles. The maximum Gasteiger partial charge on any atom is 0.229 e. The topological polar surface area (TPSA) is 58.2 Å². The molecule has 2 aromatic rings. The van der Waals surface area contributed by atoms with Crippen LogP contribution in [-0.2, 0) is 17.8 Å². The van der Waals surface area contributed by atoms with Crippen molar-refractivity contribution in [2.24, 2.45) is 5.41 Å². The number of aromatic amines is 1. The van der Waals surface area contributed by atoms with Gasteiger partial charge in [0, 0.05) is 19.4 Å². The Bertz CT molecular complexity index is 691. The molecule has 0 radical (unpaired) electrons. The van der Waals surface area contributed by atoms with Gasteiger partial charge in [-0.1, -0.05) is 31.4 Å². The molecule has 1 aromatic carbocycles. The molecule has 5 nitrogen and oxygen atoms in total. The molecule has 0 bridgehead atoms. The molecule has 0 aliphatic heterocycles. The zero-order valence-corrected chi connectivity index (χ0v) is 15.1. The first-order valence-corrected chi connectivity index (χ1v) is 9.00. The SMILES string of the molecule is COc1cccc(CC2(C(=O)N(C)Cc3ncc[nH]3)CCCCC2)c1. The van der Waals surface area contributed by atoms with Crippen LogP contribution in [0.1, 0.15) is 43.5 Å². The van der Waals surface area contributed by atoms with E-state index in [-0.39, 0.29) is 11.3 Å². The molecule has 1 amide bonds. The van der Waals surface area contributed by atoms with E-state index in [1.165, 1.54) is 12.0 Å². The monoisotopic (exact) mass is 341 g/mol. The molecular formula is C20H27N3O2. The molecule has 1 N–H and O–H groups in total. The summed E-state index contributed by atoms with van der Waals surface area (Å²) >= 11 is 0. The minimum absolute atomic E-state index is 0.228. The second-order valence-electron chi connectivity index (χ2n) is 7.07. The number of aromatic nitrogens is 2. The summed E-state index contributed by atoms with van der Waals surface area (Å²) < 4.78 is 5.35. The van der Waals surface area contributed by atoms with Crippen LogP contribution in [0.5, 0.6) is 5.75 Å². The Morgan fingerprint density at radius 2 is 2.12 bits per heavy atom. The number of nitrogens with one attached hydrogen (secondary N) is 1. The number of benzene rings is 1. The number of nitrogens with zero attached hydrogens (tertiary/aromatic N) is 2. The van der Waals surface area contributed by atoms with Crippen molar-refractivity contribution in [1.29, 1.82) is 0 Å². The van der Waals surface area contributed by atoms with E-state index in [0.717, 1.165) is 43.7 Å². The number of imidazole rings is 1. The number of rotatable bonds is 6. The second kappa shape index (κ2) is 7.72.